The van der Waals surface area contributed by atoms with Crippen molar-refractivity contribution < 1.29 is 9.47 Å². The molecule has 4 heteroatoms. The molecule has 90 valence electrons. The van der Waals surface area contributed by atoms with E-state index in [4.69, 9.17) is 21.1 Å². The third-order valence-corrected chi connectivity index (χ3v) is 3.16. The highest BCUT2D eigenvalue weighted by molar-refractivity contribution is 6.20. The van der Waals surface area contributed by atoms with E-state index in [0.29, 0.717) is 18.6 Å². The van der Waals surface area contributed by atoms with E-state index in [0.717, 1.165) is 25.6 Å². The van der Waals surface area contributed by atoms with Gasteiger partial charge in [-0.15, -0.1) is 11.6 Å². The van der Waals surface area contributed by atoms with Crippen LogP contribution in [-0.4, -0.2) is 45.4 Å². The van der Waals surface area contributed by atoms with E-state index >= 15 is 0 Å². The summed E-state index contributed by atoms with van der Waals surface area (Å²) in [4.78, 5) is 0. The molecule has 1 fully saturated rings. The Hall–Kier alpha value is 0.170. The second kappa shape index (κ2) is 8.34. The number of alkyl halides is 1. The highest BCUT2D eigenvalue weighted by Crippen LogP contribution is 2.28. The molecule has 3 nitrogen and oxygen atoms in total. The molecule has 0 saturated heterocycles. The molecule has 0 bridgehead atoms. The van der Waals surface area contributed by atoms with Gasteiger partial charge in [0.15, 0.2) is 0 Å². The van der Waals surface area contributed by atoms with Gasteiger partial charge in [0.1, 0.15) is 0 Å². The maximum Gasteiger partial charge on any atom is 0.0700 e. The summed E-state index contributed by atoms with van der Waals surface area (Å²) in [5.74, 6) is 0.770. The average molecular weight is 236 g/mol. The Labute approximate surface area is 97.5 Å². The minimum atomic E-state index is 0.412. The standard InChI is InChI=1S/C11H22ClNO2/c1-14-6-7-15-5-4-13-9-10-2-3-11(12)8-10/h10-11,13H,2-9H2,1H3. The van der Waals surface area contributed by atoms with Gasteiger partial charge in [-0.1, -0.05) is 0 Å². The van der Waals surface area contributed by atoms with E-state index in [-0.39, 0.29) is 0 Å². The Bertz CT molecular complexity index is 158. The molecule has 0 aromatic rings. The first-order valence-corrected chi connectivity index (χ1v) is 6.18. The van der Waals surface area contributed by atoms with Crippen molar-refractivity contribution in [3.8, 4) is 0 Å². The summed E-state index contributed by atoms with van der Waals surface area (Å²) in [5.41, 5.74) is 0. The molecule has 0 radical (unpaired) electrons. The lowest BCUT2D eigenvalue weighted by atomic mass is 10.1. The molecule has 0 aromatic heterocycles. The summed E-state index contributed by atoms with van der Waals surface area (Å²) in [5, 5.41) is 3.81. The quantitative estimate of drug-likeness (QED) is 0.513. The van der Waals surface area contributed by atoms with Gasteiger partial charge in [0.05, 0.1) is 19.8 Å². The Morgan fingerprint density at radius 1 is 1.27 bits per heavy atom. The van der Waals surface area contributed by atoms with Crippen molar-refractivity contribution in [2.24, 2.45) is 5.92 Å². The van der Waals surface area contributed by atoms with Crippen molar-refractivity contribution in [3.63, 3.8) is 0 Å². The molecule has 0 spiro atoms. The van der Waals surface area contributed by atoms with E-state index < -0.39 is 0 Å². The SMILES string of the molecule is COCCOCCNCC1CCC(Cl)C1. The molecule has 1 aliphatic rings. The summed E-state index contributed by atoms with van der Waals surface area (Å²) in [6.45, 7) is 4.13. The zero-order chi connectivity index (χ0) is 10.9. The van der Waals surface area contributed by atoms with Gasteiger partial charge in [-0.25, -0.2) is 0 Å². The van der Waals surface area contributed by atoms with Crippen LogP contribution in [0.4, 0.5) is 0 Å². The van der Waals surface area contributed by atoms with Crippen molar-refractivity contribution in [1.82, 2.24) is 5.32 Å². The van der Waals surface area contributed by atoms with E-state index in [1.54, 1.807) is 7.11 Å². The van der Waals surface area contributed by atoms with Crippen LogP contribution < -0.4 is 5.32 Å². The lowest BCUT2D eigenvalue weighted by Crippen LogP contribution is -2.25. The number of nitrogens with one attached hydrogen (secondary N) is 1. The zero-order valence-electron chi connectivity index (χ0n) is 9.51. The Balaban J connectivity index is 1.81. The minimum Gasteiger partial charge on any atom is -0.382 e. The summed E-state index contributed by atoms with van der Waals surface area (Å²) < 4.78 is 10.2. The van der Waals surface area contributed by atoms with Gasteiger partial charge < -0.3 is 14.8 Å². The monoisotopic (exact) mass is 235 g/mol. The fourth-order valence-corrected chi connectivity index (χ4v) is 2.27. The molecule has 1 rings (SSSR count). The topological polar surface area (TPSA) is 30.5 Å². The van der Waals surface area contributed by atoms with Crippen molar-refractivity contribution >= 4 is 11.6 Å². The van der Waals surface area contributed by atoms with Crippen LogP contribution in [-0.2, 0) is 9.47 Å². The lowest BCUT2D eigenvalue weighted by molar-refractivity contribution is 0.0717. The largest absolute Gasteiger partial charge is 0.382 e. The molecule has 15 heavy (non-hydrogen) atoms. The van der Waals surface area contributed by atoms with Gasteiger partial charge in [-0.05, 0) is 31.7 Å². The maximum atomic E-state index is 6.04. The maximum absolute atomic E-state index is 6.04. The third-order valence-electron chi connectivity index (χ3n) is 2.77. The fourth-order valence-electron chi connectivity index (χ4n) is 1.89. The van der Waals surface area contributed by atoms with Crippen LogP contribution in [0.2, 0.25) is 0 Å². The predicted molar refractivity (Wildman–Crippen MR) is 62.5 cm³/mol. The molecule has 0 aliphatic heterocycles. The average Bonchev–Trinajstić information content (AvgIpc) is 2.63. The van der Waals surface area contributed by atoms with Gasteiger partial charge in [0.25, 0.3) is 0 Å². The van der Waals surface area contributed by atoms with Crippen LogP contribution in [0.1, 0.15) is 19.3 Å². The Morgan fingerprint density at radius 2 is 2.13 bits per heavy atom. The van der Waals surface area contributed by atoms with Crippen LogP contribution >= 0.6 is 11.6 Å². The molecular weight excluding hydrogens is 214 g/mol. The highest BCUT2D eigenvalue weighted by Gasteiger charge is 2.21. The van der Waals surface area contributed by atoms with Crippen LogP contribution in [0, 0.1) is 5.92 Å². The van der Waals surface area contributed by atoms with Crippen molar-refractivity contribution in [1.29, 1.82) is 0 Å². The van der Waals surface area contributed by atoms with Gasteiger partial charge in [0, 0.05) is 19.0 Å². The van der Waals surface area contributed by atoms with Gasteiger partial charge in [-0.2, -0.15) is 0 Å². The molecule has 1 N–H and O–H groups in total. The van der Waals surface area contributed by atoms with Gasteiger partial charge in [0.2, 0.25) is 0 Å². The first kappa shape index (κ1) is 13.2. The molecule has 2 atom stereocenters. The van der Waals surface area contributed by atoms with Crippen LogP contribution in [0.25, 0.3) is 0 Å². The number of methoxy groups -OCH3 is 1. The van der Waals surface area contributed by atoms with Crippen LogP contribution in [0.15, 0.2) is 0 Å². The van der Waals surface area contributed by atoms with Gasteiger partial charge in [-0.3, -0.25) is 0 Å². The van der Waals surface area contributed by atoms with Crippen molar-refractivity contribution in [2.45, 2.75) is 24.6 Å². The first-order valence-electron chi connectivity index (χ1n) is 5.74. The van der Waals surface area contributed by atoms with Crippen LogP contribution in [0.5, 0.6) is 0 Å². The normalized spacial score (nSPS) is 26.0. The molecule has 0 amide bonds. The second-order valence-corrected chi connectivity index (χ2v) is 4.70. The van der Waals surface area contributed by atoms with E-state index in [1.807, 2.05) is 0 Å². The number of ether oxygens (including phenoxy) is 2. The molecule has 0 aromatic carbocycles. The Morgan fingerprint density at radius 3 is 2.80 bits per heavy atom. The molecule has 2 unspecified atom stereocenters. The van der Waals surface area contributed by atoms with E-state index in [1.165, 1.54) is 19.3 Å². The second-order valence-electron chi connectivity index (χ2n) is 4.09. The minimum absolute atomic E-state index is 0.412. The fraction of sp³-hybridized carbons (Fsp3) is 1.00. The molecule has 0 heterocycles. The lowest BCUT2D eigenvalue weighted by Gasteiger charge is -2.10. The molecular formula is C11H22ClNO2. The number of hydrogen-bond acceptors (Lipinski definition) is 3. The predicted octanol–water partition coefficient (Wildman–Crippen LogP) is 1.65. The molecule has 1 aliphatic carbocycles. The third kappa shape index (κ3) is 6.36. The highest BCUT2D eigenvalue weighted by atomic mass is 35.5. The number of halogens is 1. The zero-order valence-corrected chi connectivity index (χ0v) is 10.3. The van der Waals surface area contributed by atoms with E-state index in [9.17, 15) is 0 Å². The smallest absolute Gasteiger partial charge is 0.0700 e. The number of hydrogen-bond donors (Lipinski definition) is 1. The van der Waals surface area contributed by atoms with Crippen molar-refractivity contribution in [3.05, 3.63) is 0 Å². The summed E-state index contributed by atoms with van der Waals surface area (Å²) in [6, 6.07) is 0. The number of rotatable bonds is 8. The Kier molecular flexibility index (Phi) is 7.36. The summed E-state index contributed by atoms with van der Waals surface area (Å²) in [7, 11) is 1.68. The summed E-state index contributed by atoms with van der Waals surface area (Å²) in [6.07, 6.45) is 3.61. The van der Waals surface area contributed by atoms with Gasteiger partial charge >= 0.3 is 0 Å². The first-order chi connectivity index (χ1) is 7.33. The van der Waals surface area contributed by atoms with Crippen molar-refractivity contribution in [2.75, 3.05) is 40.0 Å². The molecule has 1 saturated carbocycles. The van der Waals surface area contributed by atoms with Crippen LogP contribution in [0.3, 0.4) is 0 Å². The van der Waals surface area contributed by atoms with E-state index in [2.05, 4.69) is 5.32 Å². The summed E-state index contributed by atoms with van der Waals surface area (Å²) >= 11 is 6.04.